The topological polar surface area (TPSA) is 21.3 Å². The van der Waals surface area contributed by atoms with Crippen molar-refractivity contribution in [2.45, 2.75) is 13.5 Å². The molecule has 88 valence electrons. The number of hydrogen-bond donors (Lipinski definition) is 1. The predicted octanol–water partition coefficient (Wildman–Crippen LogP) is 3.12. The van der Waals surface area contributed by atoms with E-state index in [0.29, 0.717) is 15.5 Å². The van der Waals surface area contributed by atoms with Gasteiger partial charge in [0.2, 0.25) is 0 Å². The highest BCUT2D eigenvalue weighted by molar-refractivity contribution is 6.42. The zero-order chi connectivity index (χ0) is 11.6. The quantitative estimate of drug-likeness (QED) is 0.898. The molecule has 1 N–H and O–H groups in total. The van der Waals surface area contributed by atoms with Crippen molar-refractivity contribution in [2.24, 2.45) is 5.41 Å². The second kappa shape index (κ2) is 4.92. The van der Waals surface area contributed by atoms with Crippen LogP contribution < -0.4 is 5.32 Å². The SMILES string of the molecule is CC1(CNCc2ccc(Cl)c(Cl)c2)COC1. The van der Waals surface area contributed by atoms with Crippen LogP contribution in [0.3, 0.4) is 0 Å². The summed E-state index contributed by atoms with van der Waals surface area (Å²) in [7, 11) is 0. The highest BCUT2D eigenvalue weighted by Gasteiger charge is 2.32. The minimum absolute atomic E-state index is 0.302. The lowest BCUT2D eigenvalue weighted by atomic mass is 9.89. The summed E-state index contributed by atoms with van der Waals surface area (Å²) in [5.41, 5.74) is 1.45. The molecule has 16 heavy (non-hydrogen) atoms. The van der Waals surface area contributed by atoms with Gasteiger partial charge in [-0.15, -0.1) is 0 Å². The van der Waals surface area contributed by atoms with Crippen LogP contribution in [-0.2, 0) is 11.3 Å². The lowest BCUT2D eigenvalue weighted by Gasteiger charge is -2.38. The van der Waals surface area contributed by atoms with Gasteiger partial charge in [-0.2, -0.15) is 0 Å². The normalized spacial score (nSPS) is 18.2. The van der Waals surface area contributed by atoms with Crippen molar-refractivity contribution in [3.63, 3.8) is 0 Å². The fourth-order valence-electron chi connectivity index (χ4n) is 1.71. The molecule has 0 amide bonds. The van der Waals surface area contributed by atoms with E-state index >= 15 is 0 Å². The predicted molar refractivity (Wildman–Crippen MR) is 67.1 cm³/mol. The minimum Gasteiger partial charge on any atom is -0.380 e. The fraction of sp³-hybridized carbons (Fsp3) is 0.500. The summed E-state index contributed by atoms with van der Waals surface area (Å²) >= 11 is 11.8. The maximum Gasteiger partial charge on any atom is 0.0595 e. The minimum atomic E-state index is 0.302. The molecule has 0 saturated carbocycles. The van der Waals surface area contributed by atoms with Crippen LogP contribution in [0.2, 0.25) is 10.0 Å². The maximum atomic E-state index is 5.94. The van der Waals surface area contributed by atoms with E-state index in [1.54, 1.807) is 0 Å². The third-order valence-electron chi connectivity index (χ3n) is 2.77. The molecule has 4 heteroatoms. The van der Waals surface area contributed by atoms with E-state index < -0.39 is 0 Å². The van der Waals surface area contributed by atoms with Crippen molar-refractivity contribution in [2.75, 3.05) is 19.8 Å². The number of ether oxygens (including phenoxy) is 1. The van der Waals surface area contributed by atoms with E-state index in [2.05, 4.69) is 12.2 Å². The van der Waals surface area contributed by atoms with Gasteiger partial charge < -0.3 is 10.1 Å². The molecule has 0 spiro atoms. The monoisotopic (exact) mass is 259 g/mol. The lowest BCUT2D eigenvalue weighted by Crippen LogP contribution is -2.47. The first-order chi connectivity index (χ1) is 7.59. The van der Waals surface area contributed by atoms with E-state index in [0.717, 1.165) is 31.9 Å². The van der Waals surface area contributed by atoms with Crippen molar-refractivity contribution >= 4 is 23.2 Å². The molecule has 1 heterocycles. The van der Waals surface area contributed by atoms with Gasteiger partial charge in [0.1, 0.15) is 0 Å². The summed E-state index contributed by atoms with van der Waals surface area (Å²) in [5, 5.41) is 4.62. The molecule has 0 atom stereocenters. The Bertz CT molecular complexity index is 377. The molecule has 0 aromatic heterocycles. The number of hydrogen-bond acceptors (Lipinski definition) is 2. The van der Waals surface area contributed by atoms with Crippen LogP contribution >= 0.6 is 23.2 Å². The Labute approximate surface area is 106 Å². The van der Waals surface area contributed by atoms with Crippen LogP contribution in [0.4, 0.5) is 0 Å². The van der Waals surface area contributed by atoms with Crippen molar-refractivity contribution in [1.29, 1.82) is 0 Å². The number of rotatable bonds is 4. The Morgan fingerprint density at radius 3 is 2.62 bits per heavy atom. The molecule has 0 radical (unpaired) electrons. The lowest BCUT2D eigenvalue weighted by molar-refractivity contribution is -0.0991. The Morgan fingerprint density at radius 2 is 2.06 bits per heavy atom. The van der Waals surface area contributed by atoms with Gasteiger partial charge in [-0.3, -0.25) is 0 Å². The second-order valence-corrected chi connectivity index (χ2v) is 5.47. The fourth-order valence-corrected chi connectivity index (χ4v) is 2.03. The summed E-state index contributed by atoms with van der Waals surface area (Å²) in [6, 6.07) is 5.71. The van der Waals surface area contributed by atoms with Crippen LogP contribution in [-0.4, -0.2) is 19.8 Å². The van der Waals surface area contributed by atoms with Gasteiger partial charge in [-0.05, 0) is 17.7 Å². The molecule has 1 fully saturated rings. The largest absolute Gasteiger partial charge is 0.380 e. The number of benzene rings is 1. The smallest absolute Gasteiger partial charge is 0.0595 e. The van der Waals surface area contributed by atoms with Gasteiger partial charge in [-0.1, -0.05) is 36.2 Å². The zero-order valence-electron chi connectivity index (χ0n) is 9.22. The Hall–Kier alpha value is -0.280. The van der Waals surface area contributed by atoms with Gasteiger partial charge in [0.25, 0.3) is 0 Å². The molecule has 2 nitrogen and oxygen atoms in total. The summed E-state index contributed by atoms with van der Waals surface area (Å²) in [4.78, 5) is 0. The molecular weight excluding hydrogens is 245 g/mol. The second-order valence-electron chi connectivity index (χ2n) is 4.66. The van der Waals surface area contributed by atoms with Crippen molar-refractivity contribution in [3.8, 4) is 0 Å². The summed E-state index contributed by atoms with van der Waals surface area (Å²) in [5.74, 6) is 0. The molecule has 1 aromatic carbocycles. The molecule has 0 unspecified atom stereocenters. The summed E-state index contributed by atoms with van der Waals surface area (Å²) in [6.45, 7) is 5.70. The Morgan fingerprint density at radius 1 is 1.31 bits per heavy atom. The maximum absolute atomic E-state index is 5.94. The summed E-state index contributed by atoms with van der Waals surface area (Å²) in [6.07, 6.45) is 0. The standard InChI is InChI=1S/C12H15Cl2NO/c1-12(7-16-8-12)6-15-5-9-2-3-10(13)11(14)4-9/h2-4,15H,5-8H2,1H3. The van der Waals surface area contributed by atoms with E-state index in [9.17, 15) is 0 Å². The van der Waals surface area contributed by atoms with Crippen LogP contribution in [0.25, 0.3) is 0 Å². The molecule has 0 aliphatic carbocycles. The van der Waals surface area contributed by atoms with E-state index in [1.807, 2.05) is 18.2 Å². The molecule has 0 bridgehead atoms. The third-order valence-corrected chi connectivity index (χ3v) is 3.50. The Kier molecular flexibility index (Phi) is 3.75. The zero-order valence-corrected chi connectivity index (χ0v) is 10.7. The molecule has 1 aliphatic rings. The third kappa shape index (κ3) is 2.89. The highest BCUT2D eigenvalue weighted by Crippen LogP contribution is 2.26. The molecule has 1 aromatic rings. The van der Waals surface area contributed by atoms with Gasteiger partial charge in [0.15, 0.2) is 0 Å². The first-order valence-corrected chi connectivity index (χ1v) is 6.07. The van der Waals surface area contributed by atoms with Crippen LogP contribution in [0.15, 0.2) is 18.2 Å². The Balaban J connectivity index is 1.83. The summed E-state index contributed by atoms with van der Waals surface area (Å²) < 4.78 is 5.20. The average molecular weight is 260 g/mol. The first kappa shape index (κ1) is 12.2. The molecule has 1 aliphatic heterocycles. The van der Waals surface area contributed by atoms with Crippen molar-refractivity contribution in [1.82, 2.24) is 5.32 Å². The van der Waals surface area contributed by atoms with Gasteiger partial charge >= 0.3 is 0 Å². The first-order valence-electron chi connectivity index (χ1n) is 5.31. The average Bonchev–Trinajstić information content (AvgIpc) is 2.21. The van der Waals surface area contributed by atoms with Crippen LogP contribution in [0, 0.1) is 5.41 Å². The van der Waals surface area contributed by atoms with Crippen molar-refractivity contribution in [3.05, 3.63) is 33.8 Å². The van der Waals surface area contributed by atoms with Gasteiger partial charge in [0.05, 0.1) is 23.3 Å². The van der Waals surface area contributed by atoms with Gasteiger partial charge in [0, 0.05) is 18.5 Å². The molecule has 2 rings (SSSR count). The molecule has 1 saturated heterocycles. The van der Waals surface area contributed by atoms with E-state index in [4.69, 9.17) is 27.9 Å². The highest BCUT2D eigenvalue weighted by atomic mass is 35.5. The van der Waals surface area contributed by atoms with E-state index in [-0.39, 0.29) is 0 Å². The van der Waals surface area contributed by atoms with Gasteiger partial charge in [-0.25, -0.2) is 0 Å². The number of halogens is 2. The van der Waals surface area contributed by atoms with Crippen molar-refractivity contribution < 1.29 is 4.74 Å². The van der Waals surface area contributed by atoms with Crippen LogP contribution in [0.1, 0.15) is 12.5 Å². The number of nitrogens with one attached hydrogen (secondary N) is 1. The molecular formula is C12H15Cl2NO. The van der Waals surface area contributed by atoms with E-state index in [1.165, 1.54) is 0 Å². The van der Waals surface area contributed by atoms with Crippen LogP contribution in [0.5, 0.6) is 0 Å².